The maximum atomic E-state index is 12.0. The van der Waals surface area contributed by atoms with E-state index >= 15 is 0 Å². The van der Waals surface area contributed by atoms with Crippen molar-refractivity contribution in [1.29, 1.82) is 0 Å². The number of hydrogen-bond acceptors (Lipinski definition) is 3. The lowest BCUT2D eigenvalue weighted by Crippen LogP contribution is -2.15. The summed E-state index contributed by atoms with van der Waals surface area (Å²) in [5.74, 6) is -0.142. The number of amides is 1. The fourth-order valence-corrected chi connectivity index (χ4v) is 1.79. The first-order valence-electron chi connectivity index (χ1n) is 5.38. The summed E-state index contributed by atoms with van der Waals surface area (Å²) in [5.41, 5.74) is 7.81. The molecule has 0 fully saturated rings. The predicted octanol–water partition coefficient (Wildman–Crippen LogP) is 2.13. The third kappa shape index (κ3) is 2.85. The molecular weight excluding hydrogens is 247 g/mol. The van der Waals surface area contributed by atoms with Gasteiger partial charge in [0.25, 0.3) is 0 Å². The highest BCUT2D eigenvalue weighted by atomic mass is 19.4. The molecule has 1 aliphatic rings. The Bertz CT molecular complexity index is 485. The number of nitrogens with two attached hydrogens (primary N) is 1. The predicted molar refractivity (Wildman–Crippen MR) is 62.3 cm³/mol. The third-order valence-electron chi connectivity index (χ3n) is 2.62. The highest BCUT2D eigenvalue weighted by Gasteiger charge is 2.26. The molecule has 4 N–H and O–H groups in total. The maximum absolute atomic E-state index is 12.0. The van der Waals surface area contributed by atoms with Gasteiger partial charge in [0.2, 0.25) is 5.91 Å². The Morgan fingerprint density at radius 1 is 1.39 bits per heavy atom. The van der Waals surface area contributed by atoms with Crippen molar-refractivity contribution in [2.75, 3.05) is 22.9 Å². The number of fused-ring (bicyclic) bond motifs is 1. The number of carbonyl (C=O) groups is 1. The van der Waals surface area contributed by atoms with Gasteiger partial charge in [0.05, 0.1) is 24.2 Å². The molecule has 1 amide bonds. The first-order valence-corrected chi connectivity index (χ1v) is 5.38. The molecule has 0 bridgehead atoms. The molecule has 0 saturated carbocycles. The van der Waals surface area contributed by atoms with Crippen LogP contribution in [0.4, 0.5) is 30.2 Å². The number of hydrogen-bond donors (Lipinski definition) is 3. The molecule has 1 aromatic rings. The topological polar surface area (TPSA) is 67.2 Å². The third-order valence-corrected chi connectivity index (χ3v) is 2.62. The van der Waals surface area contributed by atoms with Gasteiger partial charge in [-0.2, -0.15) is 13.2 Å². The van der Waals surface area contributed by atoms with Gasteiger partial charge in [-0.25, -0.2) is 0 Å². The molecule has 0 atom stereocenters. The van der Waals surface area contributed by atoms with Gasteiger partial charge >= 0.3 is 6.18 Å². The number of halogens is 3. The van der Waals surface area contributed by atoms with Crippen molar-refractivity contribution in [3.05, 3.63) is 17.7 Å². The summed E-state index contributed by atoms with van der Waals surface area (Å²) in [4.78, 5) is 11.1. The largest absolute Gasteiger partial charge is 0.397 e. The Kier molecular flexibility index (Phi) is 3.06. The molecule has 2 rings (SSSR count). The Morgan fingerprint density at radius 2 is 2.11 bits per heavy atom. The van der Waals surface area contributed by atoms with Gasteiger partial charge in [-0.1, -0.05) is 0 Å². The van der Waals surface area contributed by atoms with E-state index < -0.39 is 12.6 Å². The van der Waals surface area contributed by atoms with Crippen molar-refractivity contribution >= 4 is 23.0 Å². The zero-order chi connectivity index (χ0) is 13.3. The number of nitrogen functional groups attached to an aromatic ring is 1. The van der Waals surface area contributed by atoms with Gasteiger partial charge in [-0.3, -0.25) is 4.79 Å². The molecule has 7 heteroatoms. The van der Waals surface area contributed by atoms with Crippen LogP contribution in [-0.2, 0) is 11.2 Å². The summed E-state index contributed by atoms with van der Waals surface area (Å²) in [5, 5.41) is 5.23. The number of anilines is 3. The number of alkyl halides is 3. The van der Waals surface area contributed by atoms with Crippen molar-refractivity contribution in [2.24, 2.45) is 0 Å². The normalized spacial score (nSPS) is 14.3. The Labute approximate surface area is 101 Å². The summed E-state index contributed by atoms with van der Waals surface area (Å²) >= 11 is 0. The van der Waals surface area contributed by atoms with E-state index in [-0.39, 0.29) is 18.9 Å². The maximum Gasteiger partial charge on any atom is 0.390 e. The van der Waals surface area contributed by atoms with Crippen LogP contribution in [0.1, 0.15) is 12.0 Å². The lowest BCUT2D eigenvalue weighted by molar-refractivity contribution is -0.131. The van der Waals surface area contributed by atoms with E-state index in [1.807, 2.05) is 0 Å². The molecule has 4 nitrogen and oxygen atoms in total. The lowest BCUT2D eigenvalue weighted by atomic mass is 10.1. The van der Waals surface area contributed by atoms with Crippen LogP contribution in [0.2, 0.25) is 0 Å². The highest BCUT2D eigenvalue weighted by molar-refractivity contribution is 6.00. The lowest BCUT2D eigenvalue weighted by Gasteiger charge is -2.12. The fourth-order valence-electron chi connectivity index (χ4n) is 1.79. The second-order valence-corrected chi connectivity index (χ2v) is 4.11. The molecule has 98 valence electrons. The molecule has 0 spiro atoms. The number of nitrogens with one attached hydrogen (secondary N) is 2. The molecule has 1 aromatic carbocycles. The monoisotopic (exact) mass is 259 g/mol. The smallest absolute Gasteiger partial charge is 0.390 e. The van der Waals surface area contributed by atoms with Gasteiger partial charge in [0.15, 0.2) is 0 Å². The Balaban J connectivity index is 2.06. The average Bonchev–Trinajstić information content (AvgIpc) is 2.55. The first-order chi connectivity index (χ1) is 8.35. The molecule has 0 unspecified atom stereocenters. The SMILES string of the molecule is Nc1cc2c(cc1NCCC(F)(F)F)NC(=O)C2. The zero-order valence-electron chi connectivity index (χ0n) is 9.40. The van der Waals surface area contributed by atoms with Gasteiger partial charge in [-0.15, -0.1) is 0 Å². The quantitative estimate of drug-likeness (QED) is 0.728. The van der Waals surface area contributed by atoms with Crippen molar-refractivity contribution in [3.63, 3.8) is 0 Å². The van der Waals surface area contributed by atoms with E-state index in [0.29, 0.717) is 17.1 Å². The van der Waals surface area contributed by atoms with E-state index in [1.165, 1.54) is 0 Å². The summed E-state index contributed by atoms with van der Waals surface area (Å²) in [6.07, 6.45) is -4.88. The number of carbonyl (C=O) groups excluding carboxylic acids is 1. The van der Waals surface area contributed by atoms with E-state index in [1.54, 1.807) is 12.1 Å². The summed E-state index contributed by atoms with van der Waals surface area (Å²) in [6.45, 7) is -0.250. The average molecular weight is 259 g/mol. The molecule has 0 saturated heterocycles. The van der Waals surface area contributed by atoms with Crippen LogP contribution in [0.5, 0.6) is 0 Å². The molecule has 18 heavy (non-hydrogen) atoms. The number of rotatable bonds is 3. The van der Waals surface area contributed by atoms with E-state index in [9.17, 15) is 18.0 Å². The van der Waals surface area contributed by atoms with Crippen molar-refractivity contribution < 1.29 is 18.0 Å². The van der Waals surface area contributed by atoms with Crippen molar-refractivity contribution in [2.45, 2.75) is 19.0 Å². The van der Waals surface area contributed by atoms with Crippen LogP contribution in [0.15, 0.2) is 12.1 Å². The van der Waals surface area contributed by atoms with Crippen LogP contribution in [0.3, 0.4) is 0 Å². The summed E-state index contributed by atoms with van der Waals surface area (Å²) in [6, 6.07) is 3.16. The van der Waals surface area contributed by atoms with Crippen LogP contribution in [-0.4, -0.2) is 18.6 Å². The molecule has 0 radical (unpaired) electrons. The molecule has 0 aromatic heterocycles. The van der Waals surface area contributed by atoms with E-state index in [2.05, 4.69) is 10.6 Å². The Morgan fingerprint density at radius 3 is 2.78 bits per heavy atom. The van der Waals surface area contributed by atoms with Crippen LogP contribution < -0.4 is 16.4 Å². The zero-order valence-corrected chi connectivity index (χ0v) is 9.40. The molecule has 1 aliphatic heterocycles. The highest BCUT2D eigenvalue weighted by Crippen LogP contribution is 2.31. The van der Waals surface area contributed by atoms with Crippen LogP contribution in [0.25, 0.3) is 0 Å². The van der Waals surface area contributed by atoms with Gasteiger partial charge < -0.3 is 16.4 Å². The minimum Gasteiger partial charge on any atom is -0.397 e. The first kappa shape index (κ1) is 12.5. The van der Waals surface area contributed by atoms with Gasteiger partial charge in [-0.05, 0) is 17.7 Å². The minimum absolute atomic E-state index is 0.142. The standard InChI is InChI=1S/C11H12F3N3O/c12-11(13,14)1-2-16-9-5-8-6(3-7(9)15)4-10(18)17-8/h3,5,16H,1-2,4,15H2,(H,17,18). The van der Waals surface area contributed by atoms with E-state index in [4.69, 9.17) is 5.73 Å². The fraction of sp³-hybridized carbons (Fsp3) is 0.364. The minimum atomic E-state index is -4.20. The van der Waals surface area contributed by atoms with E-state index in [0.717, 1.165) is 5.56 Å². The Hall–Kier alpha value is -1.92. The second kappa shape index (κ2) is 4.40. The van der Waals surface area contributed by atoms with Gasteiger partial charge in [0.1, 0.15) is 0 Å². The van der Waals surface area contributed by atoms with Crippen LogP contribution >= 0.6 is 0 Å². The second-order valence-electron chi connectivity index (χ2n) is 4.11. The van der Waals surface area contributed by atoms with Gasteiger partial charge in [0, 0.05) is 12.2 Å². The van der Waals surface area contributed by atoms with Crippen molar-refractivity contribution in [1.82, 2.24) is 0 Å². The molecule has 1 heterocycles. The summed E-state index contributed by atoms with van der Waals surface area (Å²) in [7, 11) is 0. The van der Waals surface area contributed by atoms with Crippen LogP contribution in [0, 0.1) is 0 Å². The molecular formula is C11H12F3N3O. The number of benzene rings is 1. The molecule has 0 aliphatic carbocycles. The van der Waals surface area contributed by atoms with Crippen molar-refractivity contribution in [3.8, 4) is 0 Å². The summed E-state index contributed by atoms with van der Waals surface area (Å²) < 4.78 is 36.0.